The second-order valence-corrected chi connectivity index (χ2v) is 10.2. The van der Waals surface area contributed by atoms with Crippen LogP contribution in [0, 0.1) is 0 Å². The number of pyridine rings is 1. The number of fused-ring (bicyclic) bond motifs is 1. The van der Waals surface area contributed by atoms with E-state index in [2.05, 4.69) is 4.98 Å². The molecule has 8 heteroatoms. The number of carbonyl (C=O) groups is 1. The first-order chi connectivity index (χ1) is 21.0. The first kappa shape index (κ1) is 27.5. The molecule has 0 aliphatic rings. The molecule has 0 unspecified atom stereocenters. The molecule has 0 saturated carbocycles. The molecule has 0 aliphatic heterocycles. The van der Waals surface area contributed by atoms with E-state index in [0.29, 0.717) is 34.8 Å². The molecule has 0 spiro atoms. The fraction of sp³-hybridized carbons (Fsp3) is 0.114. The van der Waals surface area contributed by atoms with Crippen molar-refractivity contribution < 1.29 is 19.4 Å². The Kier molecular flexibility index (Phi) is 7.74. The van der Waals surface area contributed by atoms with Crippen LogP contribution in [0.1, 0.15) is 16.7 Å². The number of ether oxygens (including phenoxy) is 2. The second kappa shape index (κ2) is 12.1. The molecule has 214 valence electrons. The number of aryl methyl sites for hydroxylation is 1. The first-order valence-electron chi connectivity index (χ1n) is 13.8. The maximum atomic E-state index is 13.7. The molecule has 4 aromatic carbocycles. The second-order valence-electron chi connectivity index (χ2n) is 10.2. The van der Waals surface area contributed by atoms with Gasteiger partial charge in [-0.1, -0.05) is 91.0 Å². The third-order valence-corrected chi connectivity index (χ3v) is 7.18. The first-order valence-corrected chi connectivity index (χ1v) is 13.8. The van der Waals surface area contributed by atoms with Crippen molar-refractivity contribution in [1.82, 2.24) is 14.1 Å². The number of hydrogen-bond acceptors (Lipinski definition) is 5. The highest BCUT2D eigenvalue weighted by Crippen LogP contribution is 2.30. The van der Waals surface area contributed by atoms with Gasteiger partial charge >= 0.3 is 11.7 Å². The van der Waals surface area contributed by atoms with Crippen LogP contribution in [0.25, 0.3) is 27.8 Å². The predicted molar refractivity (Wildman–Crippen MR) is 165 cm³/mol. The summed E-state index contributed by atoms with van der Waals surface area (Å²) < 4.78 is 15.4. The van der Waals surface area contributed by atoms with Crippen molar-refractivity contribution in [2.24, 2.45) is 7.05 Å². The molecule has 0 atom stereocenters. The van der Waals surface area contributed by atoms with E-state index in [0.717, 1.165) is 22.3 Å². The lowest BCUT2D eigenvalue weighted by atomic mass is 10.0. The van der Waals surface area contributed by atoms with E-state index >= 15 is 0 Å². The quantitative estimate of drug-likeness (QED) is 0.211. The van der Waals surface area contributed by atoms with Crippen molar-refractivity contribution in [2.75, 3.05) is 0 Å². The minimum Gasteiger partial charge on any atom is -0.481 e. The molecule has 0 amide bonds. The van der Waals surface area contributed by atoms with Crippen LogP contribution in [0.5, 0.6) is 11.8 Å². The smallest absolute Gasteiger partial charge is 0.333 e. The Balaban J connectivity index is 1.39. The van der Waals surface area contributed by atoms with Crippen molar-refractivity contribution in [3.63, 3.8) is 0 Å². The van der Waals surface area contributed by atoms with Crippen LogP contribution in [0.15, 0.2) is 120 Å². The van der Waals surface area contributed by atoms with Crippen LogP contribution in [0.4, 0.5) is 0 Å². The van der Waals surface area contributed by atoms with Crippen molar-refractivity contribution >= 4 is 17.0 Å². The third-order valence-electron chi connectivity index (χ3n) is 7.18. The highest BCUT2D eigenvalue weighted by atomic mass is 16.5. The molecule has 1 N–H and O–H groups in total. The zero-order valence-corrected chi connectivity index (χ0v) is 23.5. The number of carboxylic acid groups (broad SMARTS) is 1. The van der Waals surface area contributed by atoms with Gasteiger partial charge in [0.25, 0.3) is 0 Å². The Hall–Kier alpha value is -5.63. The average molecular weight is 572 g/mol. The van der Waals surface area contributed by atoms with E-state index in [4.69, 9.17) is 9.47 Å². The Morgan fingerprint density at radius 3 is 2.07 bits per heavy atom. The van der Waals surface area contributed by atoms with Crippen molar-refractivity contribution in [3.05, 3.63) is 142 Å². The number of imidazole rings is 1. The summed E-state index contributed by atoms with van der Waals surface area (Å²) in [6.07, 6.45) is -0.0608. The molecular formula is C35H29N3O5. The maximum Gasteiger partial charge on any atom is 0.333 e. The van der Waals surface area contributed by atoms with Gasteiger partial charge in [0.1, 0.15) is 18.9 Å². The molecule has 0 saturated heterocycles. The van der Waals surface area contributed by atoms with Crippen LogP contribution in [0.2, 0.25) is 0 Å². The van der Waals surface area contributed by atoms with Gasteiger partial charge < -0.3 is 14.6 Å². The molecule has 6 rings (SSSR count). The van der Waals surface area contributed by atoms with Crippen LogP contribution in [-0.4, -0.2) is 25.2 Å². The maximum absolute atomic E-state index is 13.7. The van der Waals surface area contributed by atoms with Crippen LogP contribution in [0.3, 0.4) is 0 Å². The van der Waals surface area contributed by atoms with E-state index in [1.54, 1.807) is 34.4 Å². The molecule has 0 bridgehead atoms. The summed E-state index contributed by atoms with van der Waals surface area (Å²) in [5, 5.41) is 9.21. The fourth-order valence-electron chi connectivity index (χ4n) is 5.02. The molecular weight excluding hydrogens is 542 g/mol. The average Bonchev–Trinajstić information content (AvgIpc) is 3.28. The summed E-state index contributed by atoms with van der Waals surface area (Å²) in [4.78, 5) is 29.6. The van der Waals surface area contributed by atoms with E-state index in [-0.39, 0.29) is 24.6 Å². The SMILES string of the molecule is Cn1c(=O)n(-c2ccc(OCc3ccccc3)nc2OCc2ccccc2)c2ccc(-c3cccc(CC(=O)O)c3)cc21. The molecule has 2 heterocycles. The minimum atomic E-state index is -0.887. The summed E-state index contributed by atoms with van der Waals surface area (Å²) in [7, 11) is 1.72. The van der Waals surface area contributed by atoms with Gasteiger partial charge in [-0.05, 0) is 46.0 Å². The Bertz CT molecular complexity index is 1960. The summed E-state index contributed by atoms with van der Waals surface area (Å²) in [5.41, 5.74) is 6.06. The van der Waals surface area contributed by atoms with Crippen molar-refractivity contribution in [3.8, 4) is 28.6 Å². The third kappa shape index (κ3) is 6.04. The molecule has 0 aliphatic carbocycles. The zero-order valence-electron chi connectivity index (χ0n) is 23.5. The van der Waals surface area contributed by atoms with Gasteiger partial charge in [0.2, 0.25) is 11.8 Å². The highest BCUT2D eigenvalue weighted by Gasteiger charge is 2.19. The Morgan fingerprint density at radius 1 is 0.721 bits per heavy atom. The summed E-state index contributed by atoms with van der Waals surface area (Å²) in [5.74, 6) is -0.232. The number of rotatable bonds is 10. The number of carboxylic acids is 1. The van der Waals surface area contributed by atoms with Crippen LogP contribution >= 0.6 is 0 Å². The molecule has 43 heavy (non-hydrogen) atoms. The lowest BCUT2D eigenvalue weighted by molar-refractivity contribution is -0.136. The summed E-state index contributed by atoms with van der Waals surface area (Å²) >= 11 is 0. The number of aliphatic carboxylic acids is 1. The topological polar surface area (TPSA) is 95.6 Å². The van der Waals surface area contributed by atoms with Crippen molar-refractivity contribution in [2.45, 2.75) is 19.6 Å². The van der Waals surface area contributed by atoms with Crippen LogP contribution < -0.4 is 15.2 Å². The lowest BCUT2D eigenvalue weighted by Crippen LogP contribution is -2.21. The number of aromatic nitrogens is 3. The molecule has 0 fully saturated rings. The van der Waals surface area contributed by atoms with Gasteiger partial charge in [0, 0.05) is 13.1 Å². The normalized spacial score (nSPS) is 11.0. The Labute approximate surface area is 248 Å². The summed E-state index contributed by atoms with van der Waals surface area (Å²) in [6.45, 7) is 0.606. The van der Waals surface area contributed by atoms with Gasteiger partial charge in [0.15, 0.2) is 0 Å². The minimum absolute atomic E-state index is 0.0608. The van der Waals surface area contributed by atoms with E-state index in [1.165, 1.54) is 0 Å². The van der Waals surface area contributed by atoms with Gasteiger partial charge in [0.05, 0.1) is 17.5 Å². The Morgan fingerprint density at radius 2 is 1.37 bits per heavy atom. The predicted octanol–water partition coefficient (Wildman–Crippen LogP) is 6.18. The van der Waals surface area contributed by atoms with Gasteiger partial charge in [-0.15, -0.1) is 0 Å². The molecule has 8 nitrogen and oxygen atoms in total. The largest absolute Gasteiger partial charge is 0.481 e. The molecule has 0 radical (unpaired) electrons. The van der Waals surface area contributed by atoms with Gasteiger partial charge in [-0.2, -0.15) is 4.98 Å². The van der Waals surface area contributed by atoms with E-state index in [1.807, 2.05) is 97.1 Å². The van der Waals surface area contributed by atoms with E-state index < -0.39 is 5.97 Å². The lowest BCUT2D eigenvalue weighted by Gasteiger charge is -2.14. The highest BCUT2D eigenvalue weighted by molar-refractivity contribution is 5.84. The standard InChI is InChI=1S/C35H29N3O5/c1-37-31-21-28(27-14-8-13-26(19-27)20-33(39)40)15-16-29(31)38(35(37)41)30-17-18-32(42-22-24-9-4-2-5-10-24)36-34(30)43-23-25-11-6-3-7-12-25/h2-19,21H,20,22-23H2,1H3,(H,39,40). The molecule has 6 aromatic rings. The van der Waals surface area contributed by atoms with Gasteiger partial charge in [-0.3, -0.25) is 13.9 Å². The van der Waals surface area contributed by atoms with Crippen LogP contribution in [-0.2, 0) is 31.5 Å². The number of benzene rings is 4. The zero-order chi connectivity index (χ0) is 29.8. The number of nitrogens with zero attached hydrogens (tertiary/aromatic N) is 3. The fourth-order valence-corrected chi connectivity index (χ4v) is 5.02. The van der Waals surface area contributed by atoms with Gasteiger partial charge in [-0.25, -0.2) is 4.79 Å². The monoisotopic (exact) mass is 571 g/mol. The number of hydrogen-bond donors (Lipinski definition) is 1. The summed E-state index contributed by atoms with van der Waals surface area (Å²) in [6, 6.07) is 36.3. The van der Waals surface area contributed by atoms with Crippen molar-refractivity contribution in [1.29, 1.82) is 0 Å². The molecule has 2 aromatic heterocycles. The van der Waals surface area contributed by atoms with E-state index in [9.17, 15) is 14.7 Å².